The molecule has 1 saturated carbocycles. The predicted octanol–water partition coefficient (Wildman–Crippen LogP) is 5.11. The number of aryl methyl sites for hydroxylation is 1. The third-order valence-corrected chi connectivity index (χ3v) is 7.46. The summed E-state index contributed by atoms with van der Waals surface area (Å²) in [5.74, 6) is 2.11. The van der Waals surface area contributed by atoms with Crippen LogP contribution < -0.4 is 10.1 Å². The van der Waals surface area contributed by atoms with Crippen molar-refractivity contribution in [2.24, 2.45) is 0 Å². The van der Waals surface area contributed by atoms with Crippen LogP contribution in [0.25, 0.3) is 5.69 Å². The summed E-state index contributed by atoms with van der Waals surface area (Å²) in [7, 11) is 1.62. The molecule has 1 amide bonds. The Labute approximate surface area is 204 Å². The van der Waals surface area contributed by atoms with Gasteiger partial charge in [-0.05, 0) is 63.4 Å². The van der Waals surface area contributed by atoms with Gasteiger partial charge in [0.2, 0.25) is 5.91 Å². The smallest absolute Gasteiger partial charge is 0.236 e. The number of hydrogen-bond donors (Lipinski definition) is 1. The molecule has 1 N–H and O–H groups in total. The lowest BCUT2D eigenvalue weighted by Gasteiger charge is -2.24. The fourth-order valence-electron chi connectivity index (χ4n) is 4.62. The minimum atomic E-state index is -0.190. The van der Waals surface area contributed by atoms with Crippen molar-refractivity contribution in [2.45, 2.75) is 64.1 Å². The zero-order chi connectivity index (χ0) is 24.2. The Morgan fingerprint density at radius 3 is 2.53 bits per heavy atom. The Balaban J connectivity index is 1.55. The molecular weight excluding hydrogens is 448 g/mol. The second-order valence-corrected chi connectivity index (χ2v) is 9.55. The molecule has 2 heterocycles. The number of ether oxygens (including phenoxy) is 1. The van der Waals surface area contributed by atoms with Crippen LogP contribution in [-0.4, -0.2) is 38.1 Å². The molecule has 4 rings (SSSR count). The normalized spacial score (nSPS) is 14.1. The quantitative estimate of drug-likeness (QED) is 0.474. The highest BCUT2D eigenvalue weighted by Gasteiger charge is 2.24. The highest BCUT2D eigenvalue weighted by Crippen LogP contribution is 2.33. The average Bonchev–Trinajstić information content (AvgIpc) is 3.34. The first-order chi connectivity index (χ1) is 16.4. The van der Waals surface area contributed by atoms with Crippen LogP contribution in [0.4, 0.5) is 5.82 Å². The number of thioether (sulfide) groups is 1. The van der Waals surface area contributed by atoms with Gasteiger partial charge in [0.1, 0.15) is 23.5 Å². The third-order valence-electron chi connectivity index (χ3n) is 6.52. The third kappa shape index (κ3) is 4.68. The van der Waals surface area contributed by atoms with Crippen molar-refractivity contribution in [1.29, 1.82) is 5.26 Å². The molecule has 1 aliphatic carbocycles. The molecule has 1 aromatic carbocycles. The fourth-order valence-corrected chi connectivity index (χ4v) is 5.47. The van der Waals surface area contributed by atoms with Crippen molar-refractivity contribution in [2.75, 3.05) is 18.2 Å². The molecule has 3 aromatic rings. The summed E-state index contributed by atoms with van der Waals surface area (Å²) >= 11 is 1.39. The summed E-state index contributed by atoms with van der Waals surface area (Å²) in [6, 6.07) is 10.2. The Morgan fingerprint density at radius 1 is 1.18 bits per heavy atom. The van der Waals surface area contributed by atoms with Gasteiger partial charge in [0.25, 0.3) is 0 Å². The molecule has 9 heteroatoms. The van der Waals surface area contributed by atoms with E-state index in [4.69, 9.17) is 4.74 Å². The van der Waals surface area contributed by atoms with E-state index in [2.05, 4.69) is 26.2 Å². The molecule has 178 valence electrons. The summed E-state index contributed by atoms with van der Waals surface area (Å²) in [4.78, 5) is 13.0. The van der Waals surface area contributed by atoms with Crippen molar-refractivity contribution in [3.63, 3.8) is 0 Å². The van der Waals surface area contributed by atoms with E-state index in [0.717, 1.165) is 46.5 Å². The van der Waals surface area contributed by atoms with Crippen LogP contribution in [0.2, 0.25) is 0 Å². The van der Waals surface area contributed by atoms with Crippen LogP contribution in [0.3, 0.4) is 0 Å². The van der Waals surface area contributed by atoms with Gasteiger partial charge in [-0.25, -0.2) is 0 Å². The Kier molecular flexibility index (Phi) is 7.27. The number of rotatable bonds is 7. The monoisotopic (exact) mass is 478 g/mol. The van der Waals surface area contributed by atoms with Crippen LogP contribution in [0.5, 0.6) is 5.75 Å². The van der Waals surface area contributed by atoms with Gasteiger partial charge in [0.05, 0.1) is 18.4 Å². The molecule has 1 fully saturated rings. The first-order valence-electron chi connectivity index (χ1n) is 11.5. The minimum Gasteiger partial charge on any atom is -0.497 e. The number of methoxy groups -OCH3 is 1. The van der Waals surface area contributed by atoms with Crippen molar-refractivity contribution < 1.29 is 9.53 Å². The number of nitrogens with zero attached hydrogens (tertiary/aromatic N) is 5. The van der Waals surface area contributed by atoms with Gasteiger partial charge in [0.15, 0.2) is 5.16 Å². The van der Waals surface area contributed by atoms with Crippen LogP contribution in [0, 0.1) is 32.1 Å². The number of benzene rings is 1. The van der Waals surface area contributed by atoms with Gasteiger partial charge in [-0.15, -0.1) is 10.2 Å². The molecule has 0 radical (unpaired) electrons. The Hall–Kier alpha value is -3.25. The Morgan fingerprint density at radius 2 is 1.88 bits per heavy atom. The number of anilines is 1. The van der Waals surface area contributed by atoms with Crippen LogP contribution in [0.15, 0.2) is 29.4 Å². The van der Waals surface area contributed by atoms with E-state index >= 15 is 0 Å². The van der Waals surface area contributed by atoms with E-state index in [1.807, 2.05) is 49.6 Å². The van der Waals surface area contributed by atoms with Crippen LogP contribution >= 0.6 is 11.8 Å². The lowest BCUT2D eigenvalue weighted by Crippen LogP contribution is -2.19. The van der Waals surface area contributed by atoms with Gasteiger partial charge >= 0.3 is 0 Å². The average molecular weight is 479 g/mol. The second kappa shape index (κ2) is 10.3. The van der Waals surface area contributed by atoms with E-state index in [-0.39, 0.29) is 11.7 Å². The zero-order valence-corrected chi connectivity index (χ0v) is 20.9. The highest BCUT2D eigenvalue weighted by atomic mass is 32.2. The van der Waals surface area contributed by atoms with Crippen molar-refractivity contribution in [3.05, 3.63) is 46.9 Å². The number of nitrogens with one attached hydrogen (secondary N) is 1. The van der Waals surface area contributed by atoms with Gasteiger partial charge < -0.3 is 14.6 Å². The van der Waals surface area contributed by atoms with Gasteiger partial charge in [-0.2, -0.15) is 5.26 Å². The van der Waals surface area contributed by atoms with Crippen LogP contribution in [0.1, 0.15) is 60.8 Å². The molecular formula is C25H30N6O2S. The number of carbonyl (C=O) groups excluding carboxylic acids is 1. The lowest BCUT2D eigenvalue weighted by atomic mass is 9.95. The summed E-state index contributed by atoms with van der Waals surface area (Å²) < 4.78 is 9.36. The molecule has 0 unspecified atom stereocenters. The fraction of sp³-hybridized carbons (Fsp3) is 0.440. The summed E-state index contributed by atoms with van der Waals surface area (Å²) in [6.07, 6.45) is 5.95. The maximum Gasteiger partial charge on any atom is 0.236 e. The van der Waals surface area contributed by atoms with Crippen molar-refractivity contribution in [3.8, 4) is 17.5 Å². The summed E-state index contributed by atoms with van der Waals surface area (Å²) in [6.45, 7) is 5.81. The zero-order valence-electron chi connectivity index (χ0n) is 20.1. The molecule has 1 aliphatic rings. The SMILES string of the molecule is COc1ccc(-n2c(C)c(C)c(C#N)c2NC(=O)CSc2nnc(C)n2C2CCCCC2)cc1. The van der Waals surface area contributed by atoms with E-state index in [1.165, 1.54) is 31.0 Å². The number of hydrogen-bond acceptors (Lipinski definition) is 6. The van der Waals surface area contributed by atoms with Crippen molar-refractivity contribution in [1.82, 2.24) is 19.3 Å². The highest BCUT2D eigenvalue weighted by molar-refractivity contribution is 7.99. The molecule has 0 spiro atoms. The molecule has 0 aliphatic heterocycles. The standard InChI is InChI=1S/C25H30N6O2S/c1-16-17(2)30(20-10-12-21(33-4)13-11-20)24(22(16)14-26)27-23(32)15-34-25-29-28-18(3)31(25)19-8-6-5-7-9-19/h10-13,19H,5-9,15H2,1-4H3,(H,27,32). The van der Waals surface area contributed by atoms with Crippen LogP contribution in [-0.2, 0) is 4.79 Å². The van der Waals surface area contributed by atoms with Crippen molar-refractivity contribution >= 4 is 23.5 Å². The van der Waals surface area contributed by atoms with E-state index in [0.29, 0.717) is 17.4 Å². The first kappa shape index (κ1) is 23.9. The van der Waals surface area contributed by atoms with E-state index < -0.39 is 0 Å². The minimum absolute atomic E-state index is 0.182. The van der Waals surface area contributed by atoms with Gasteiger partial charge in [-0.3, -0.25) is 9.36 Å². The molecule has 0 saturated heterocycles. The number of amides is 1. The van der Waals surface area contributed by atoms with E-state index in [1.54, 1.807) is 7.11 Å². The number of nitriles is 1. The van der Waals surface area contributed by atoms with E-state index in [9.17, 15) is 10.1 Å². The molecule has 0 bridgehead atoms. The molecule has 2 aromatic heterocycles. The second-order valence-electron chi connectivity index (χ2n) is 8.61. The molecule has 34 heavy (non-hydrogen) atoms. The number of aromatic nitrogens is 4. The largest absolute Gasteiger partial charge is 0.497 e. The first-order valence-corrected chi connectivity index (χ1v) is 12.5. The summed E-state index contributed by atoms with van der Waals surface area (Å²) in [5.41, 5.74) is 3.05. The molecule has 0 atom stereocenters. The lowest BCUT2D eigenvalue weighted by molar-refractivity contribution is -0.113. The maximum absolute atomic E-state index is 13.0. The van der Waals surface area contributed by atoms with Gasteiger partial charge in [-0.1, -0.05) is 31.0 Å². The maximum atomic E-state index is 13.0. The Bertz CT molecular complexity index is 1220. The predicted molar refractivity (Wildman–Crippen MR) is 133 cm³/mol. The summed E-state index contributed by atoms with van der Waals surface area (Å²) in [5, 5.41) is 22.2. The topological polar surface area (TPSA) is 97.8 Å². The van der Waals surface area contributed by atoms with Gasteiger partial charge in [0, 0.05) is 17.4 Å². The molecule has 8 nitrogen and oxygen atoms in total. The number of carbonyl (C=O) groups is 1.